The van der Waals surface area contributed by atoms with Gasteiger partial charge in [0.15, 0.2) is 0 Å². The van der Waals surface area contributed by atoms with Crippen molar-refractivity contribution in [2.24, 2.45) is 11.7 Å². The second-order valence-corrected chi connectivity index (χ2v) is 7.01. The molecule has 0 aromatic carbocycles. The van der Waals surface area contributed by atoms with Crippen molar-refractivity contribution in [3.63, 3.8) is 0 Å². The summed E-state index contributed by atoms with van der Waals surface area (Å²) in [6.07, 6.45) is 6.93. The molecule has 1 heterocycles. The van der Waals surface area contributed by atoms with Gasteiger partial charge in [0.25, 0.3) is 0 Å². The molecule has 1 aliphatic carbocycles. The topological polar surface area (TPSA) is 63.4 Å². The van der Waals surface area contributed by atoms with Crippen LogP contribution in [0, 0.1) is 5.92 Å². The molecule has 2 aliphatic rings. The van der Waals surface area contributed by atoms with Crippen LogP contribution in [-0.2, 0) is 10.0 Å². The zero-order chi connectivity index (χ0) is 11.6. The maximum Gasteiger partial charge on any atom is 0.215 e. The van der Waals surface area contributed by atoms with Crippen molar-refractivity contribution in [1.29, 1.82) is 0 Å². The number of hydrogen-bond donors (Lipinski definition) is 1. The van der Waals surface area contributed by atoms with Gasteiger partial charge in [0.05, 0.1) is 5.75 Å². The molecule has 2 atom stereocenters. The summed E-state index contributed by atoms with van der Waals surface area (Å²) in [6, 6.07) is 0.277. The van der Waals surface area contributed by atoms with E-state index >= 15 is 0 Å². The lowest BCUT2D eigenvalue weighted by Crippen LogP contribution is -2.50. The molecule has 0 bridgehead atoms. The molecule has 4 nitrogen and oxygen atoms in total. The van der Waals surface area contributed by atoms with E-state index < -0.39 is 10.0 Å². The first-order chi connectivity index (χ1) is 7.65. The van der Waals surface area contributed by atoms with E-state index in [1.54, 1.807) is 4.31 Å². The molecule has 0 aromatic heterocycles. The maximum absolute atomic E-state index is 12.1. The molecule has 2 rings (SSSR count). The van der Waals surface area contributed by atoms with Crippen LogP contribution in [0.5, 0.6) is 0 Å². The standard InChI is InChI=1S/C11H22N2O2S/c12-7-9-16(14,15)13-8-3-5-10-4-1-2-6-11(10)13/h10-11H,1-9,12H2. The summed E-state index contributed by atoms with van der Waals surface area (Å²) in [5.74, 6) is 0.714. The van der Waals surface area contributed by atoms with Gasteiger partial charge in [-0.25, -0.2) is 8.42 Å². The van der Waals surface area contributed by atoms with Crippen LogP contribution in [0.1, 0.15) is 38.5 Å². The second-order valence-electron chi connectivity index (χ2n) is 4.97. The molecule has 2 N–H and O–H groups in total. The van der Waals surface area contributed by atoms with Gasteiger partial charge in [-0.2, -0.15) is 4.31 Å². The predicted molar refractivity (Wildman–Crippen MR) is 64.5 cm³/mol. The Morgan fingerprint density at radius 3 is 2.56 bits per heavy atom. The number of sulfonamides is 1. The Morgan fingerprint density at radius 2 is 1.81 bits per heavy atom. The minimum Gasteiger partial charge on any atom is -0.329 e. The third-order valence-corrected chi connectivity index (χ3v) is 5.84. The molecule has 2 fully saturated rings. The van der Waals surface area contributed by atoms with Crippen molar-refractivity contribution in [3.05, 3.63) is 0 Å². The number of nitrogens with zero attached hydrogens (tertiary/aromatic N) is 1. The zero-order valence-corrected chi connectivity index (χ0v) is 10.6. The summed E-state index contributed by atoms with van der Waals surface area (Å²) in [5.41, 5.74) is 5.38. The van der Waals surface area contributed by atoms with Gasteiger partial charge in [-0.3, -0.25) is 0 Å². The molecule has 1 saturated carbocycles. The molecule has 2 unspecified atom stereocenters. The fraction of sp³-hybridized carbons (Fsp3) is 1.00. The summed E-state index contributed by atoms with van der Waals surface area (Å²) in [4.78, 5) is 0. The summed E-state index contributed by atoms with van der Waals surface area (Å²) in [6.45, 7) is 0.944. The normalized spacial score (nSPS) is 32.3. The van der Waals surface area contributed by atoms with E-state index in [9.17, 15) is 8.42 Å². The van der Waals surface area contributed by atoms with Crippen LogP contribution in [0.4, 0.5) is 0 Å². The van der Waals surface area contributed by atoms with Crippen LogP contribution in [0.2, 0.25) is 0 Å². The Labute approximate surface area is 98.2 Å². The molecule has 5 heteroatoms. The van der Waals surface area contributed by atoms with Crippen molar-refractivity contribution >= 4 is 10.0 Å². The van der Waals surface area contributed by atoms with Gasteiger partial charge in [0.1, 0.15) is 0 Å². The van der Waals surface area contributed by atoms with E-state index in [1.165, 1.54) is 25.7 Å². The first-order valence-corrected chi connectivity index (χ1v) is 7.95. The number of hydrogen-bond acceptors (Lipinski definition) is 3. The van der Waals surface area contributed by atoms with Gasteiger partial charge >= 0.3 is 0 Å². The molecule has 94 valence electrons. The second kappa shape index (κ2) is 5.02. The van der Waals surface area contributed by atoms with E-state index in [-0.39, 0.29) is 18.3 Å². The summed E-state index contributed by atoms with van der Waals surface area (Å²) >= 11 is 0. The molecular weight excluding hydrogens is 224 g/mol. The van der Waals surface area contributed by atoms with E-state index in [2.05, 4.69) is 0 Å². The van der Waals surface area contributed by atoms with E-state index in [0.29, 0.717) is 12.5 Å². The number of nitrogens with two attached hydrogens (primary N) is 1. The van der Waals surface area contributed by atoms with Crippen LogP contribution in [0.25, 0.3) is 0 Å². The van der Waals surface area contributed by atoms with Crippen molar-refractivity contribution in [2.45, 2.75) is 44.6 Å². The maximum atomic E-state index is 12.1. The Hall–Kier alpha value is -0.130. The summed E-state index contributed by atoms with van der Waals surface area (Å²) in [7, 11) is -3.10. The fourth-order valence-electron chi connectivity index (χ4n) is 3.19. The van der Waals surface area contributed by atoms with Crippen LogP contribution in [-0.4, -0.2) is 37.6 Å². The van der Waals surface area contributed by atoms with E-state index in [0.717, 1.165) is 12.8 Å². The highest BCUT2D eigenvalue weighted by molar-refractivity contribution is 7.89. The molecule has 0 aromatic rings. The van der Waals surface area contributed by atoms with Gasteiger partial charge in [-0.15, -0.1) is 0 Å². The monoisotopic (exact) mass is 246 g/mol. The predicted octanol–water partition coefficient (Wildman–Crippen LogP) is 0.929. The lowest BCUT2D eigenvalue weighted by Gasteiger charge is -2.43. The van der Waals surface area contributed by atoms with Crippen molar-refractivity contribution in [1.82, 2.24) is 4.31 Å². The number of fused-ring (bicyclic) bond motifs is 1. The van der Waals surface area contributed by atoms with Crippen LogP contribution < -0.4 is 5.73 Å². The summed E-state index contributed by atoms with van der Waals surface area (Å²) < 4.78 is 25.9. The lowest BCUT2D eigenvalue weighted by molar-refractivity contribution is 0.129. The van der Waals surface area contributed by atoms with E-state index in [1.807, 2.05) is 0 Å². The zero-order valence-electron chi connectivity index (χ0n) is 9.77. The third kappa shape index (κ3) is 2.41. The highest BCUT2D eigenvalue weighted by Crippen LogP contribution is 2.36. The van der Waals surface area contributed by atoms with Crippen LogP contribution in [0.15, 0.2) is 0 Å². The lowest BCUT2D eigenvalue weighted by atomic mass is 9.79. The van der Waals surface area contributed by atoms with Gasteiger partial charge in [0, 0.05) is 19.1 Å². The SMILES string of the molecule is NCCS(=O)(=O)N1CCCC2CCCCC21. The Kier molecular flexibility index (Phi) is 3.87. The van der Waals surface area contributed by atoms with Gasteiger partial charge in [0.2, 0.25) is 10.0 Å². The Balaban J connectivity index is 2.13. The summed E-state index contributed by atoms with van der Waals surface area (Å²) in [5, 5.41) is 0. The average molecular weight is 246 g/mol. The molecular formula is C11H22N2O2S. The first-order valence-electron chi connectivity index (χ1n) is 6.35. The Morgan fingerprint density at radius 1 is 1.12 bits per heavy atom. The van der Waals surface area contributed by atoms with Gasteiger partial charge in [-0.05, 0) is 31.6 Å². The molecule has 0 amide bonds. The highest BCUT2D eigenvalue weighted by Gasteiger charge is 2.38. The highest BCUT2D eigenvalue weighted by atomic mass is 32.2. The molecule has 1 saturated heterocycles. The minimum absolute atomic E-state index is 0.107. The average Bonchev–Trinajstić information content (AvgIpc) is 2.28. The third-order valence-electron chi connectivity index (χ3n) is 3.93. The minimum atomic E-state index is -3.10. The van der Waals surface area contributed by atoms with Crippen molar-refractivity contribution in [3.8, 4) is 0 Å². The van der Waals surface area contributed by atoms with E-state index in [4.69, 9.17) is 5.73 Å². The number of rotatable bonds is 3. The van der Waals surface area contributed by atoms with Gasteiger partial charge < -0.3 is 5.73 Å². The fourth-order valence-corrected chi connectivity index (χ4v) is 4.82. The molecule has 1 aliphatic heterocycles. The largest absolute Gasteiger partial charge is 0.329 e. The smallest absolute Gasteiger partial charge is 0.215 e. The number of piperidine rings is 1. The van der Waals surface area contributed by atoms with Gasteiger partial charge in [-0.1, -0.05) is 12.8 Å². The molecule has 0 spiro atoms. The quantitative estimate of drug-likeness (QED) is 0.805. The van der Waals surface area contributed by atoms with Crippen molar-refractivity contribution in [2.75, 3.05) is 18.8 Å². The Bertz CT molecular complexity index is 327. The molecule has 0 radical (unpaired) electrons. The van der Waals surface area contributed by atoms with Crippen LogP contribution >= 0.6 is 0 Å². The van der Waals surface area contributed by atoms with Crippen molar-refractivity contribution < 1.29 is 8.42 Å². The first kappa shape index (κ1) is 12.3. The van der Waals surface area contributed by atoms with Crippen LogP contribution in [0.3, 0.4) is 0 Å². The molecule has 16 heavy (non-hydrogen) atoms.